The highest BCUT2D eigenvalue weighted by Gasteiger charge is 2.45. The molecule has 5 rings (SSSR count). The lowest BCUT2D eigenvalue weighted by Crippen LogP contribution is -2.59. The van der Waals surface area contributed by atoms with Crippen molar-refractivity contribution in [3.8, 4) is 0 Å². The number of aliphatic hydroxyl groups is 1. The predicted octanol–water partition coefficient (Wildman–Crippen LogP) is -1.80. The van der Waals surface area contributed by atoms with Crippen molar-refractivity contribution >= 4 is 82.8 Å². The van der Waals surface area contributed by atoms with Crippen LogP contribution in [0.3, 0.4) is 0 Å². The maximum atomic E-state index is 14.4. The van der Waals surface area contributed by atoms with Gasteiger partial charge in [-0.15, -0.1) is 11.8 Å². The van der Waals surface area contributed by atoms with Crippen molar-refractivity contribution in [1.29, 1.82) is 0 Å². The first-order valence-corrected chi connectivity index (χ1v) is 29.2. The summed E-state index contributed by atoms with van der Waals surface area (Å²) in [7, 11) is 0. The number of carboxylic acids is 1. The molecule has 0 bridgehead atoms. The number of nitrogens with zero attached hydrogens (tertiary/aromatic N) is 5. The fourth-order valence-electron chi connectivity index (χ4n) is 10.5. The standard InChI is InChI=1S/C54H83N13O13S/c1-4-5-6-10-22-67-44(70)28-42(52(67)78)81-31-34(55)45(71)61-35(17-11-21-58-54(56)57)49(75)66-25-14-20-41(66)51(77)65-24-12-18-39(65)47(73)59-29-43(69)60-36(27-33-15-8-7-9-16-33)46(72)63-38(30-68)50(76)64-23-13-19-40(64)48(74)62-37(53(79)80)26-32(2)3/h7-9,15-16,32,34-42,68H,4-6,10-14,17-31,55H2,1-3H3,(H,59,73)(H,60,69)(H,61,71)(H,62,74)(H,63,72)(H,79,80)(H4,56,57,58)/t34-,35-,36-,37-,38-,39-,40-,41-,42?/m0/s1. The molecule has 0 spiro atoms. The van der Waals surface area contributed by atoms with Gasteiger partial charge in [0.05, 0.1) is 24.4 Å². The van der Waals surface area contributed by atoms with E-state index in [9.17, 15) is 63.0 Å². The number of thioether (sulfide) groups is 1. The number of aliphatic hydroxyl groups excluding tert-OH is 1. The quantitative estimate of drug-likeness (QED) is 0.0170. The first-order valence-electron chi connectivity index (χ1n) is 28.2. The van der Waals surface area contributed by atoms with E-state index in [1.165, 1.54) is 19.6 Å². The monoisotopic (exact) mass is 1150 g/mol. The van der Waals surface area contributed by atoms with E-state index in [-0.39, 0.29) is 107 Å². The summed E-state index contributed by atoms with van der Waals surface area (Å²) in [6.45, 7) is 5.10. The zero-order valence-electron chi connectivity index (χ0n) is 46.7. The maximum absolute atomic E-state index is 14.4. The van der Waals surface area contributed by atoms with Crippen molar-refractivity contribution in [2.24, 2.45) is 28.1 Å². The van der Waals surface area contributed by atoms with E-state index >= 15 is 0 Å². The summed E-state index contributed by atoms with van der Waals surface area (Å²) in [5, 5.41) is 32.3. The molecule has 4 aliphatic heterocycles. The van der Waals surface area contributed by atoms with Crippen LogP contribution < -0.4 is 43.8 Å². The summed E-state index contributed by atoms with van der Waals surface area (Å²) in [6, 6.07) is -0.845. The predicted molar refractivity (Wildman–Crippen MR) is 299 cm³/mol. The minimum atomic E-state index is -1.54. The molecular formula is C54H83N13O13S. The number of unbranched alkanes of at least 4 members (excludes halogenated alkanes) is 3. The Hall–Kier alpha value is -6.87. The first kappa shape index (κ1) is 64.9. The van der Waals surface area contributed by atoms with Crippen LogP contribution in [0.2, 0.25) is 0 Å². The van der Waals surface area contributed by atoms with Crippen molar-refractivity contribution < 1.29 is 63.0 Å². The van der Waals surface area contributed by atoms with Crippen molar-refractivity contribution in [3.63, 3.8) is 0 Å². The zero-order valence-corrected chi connectivity index (χ0v) is 47.5. The number of hydrogen-bond acceptors (Lipinski definition) is 15. The normalized spacial score (nSPS) is 20.8. The highest BCUT2D eigenvalue weighted by molar-refractivity contribution is 8.00. The second-order valence-electron chi connectivity index (χ2n) is 21.5. The molecule has 4 saturated heterocycles. The molecule has 0 aromatic heterocycles. The maximum Gasteiger partial charge on any atom is 0.326 e. The molecule has 0 aliphatic carbocycles. The van der Waals surface area contributed by atoms with Gasteiger partial charge in [-0.25, -0.2) is 4.79 Å². The Morgan fingerprint density at radius 1 is 0.741 bits per heavy atom. The number of rotatable bonds is 31. The average molecular weight is 1150 g/mol. The zero-order chi connectivity index (χ0) is 59.3. The average Bonchev–Trinajstić information content (AvgIpc) is 4.33. The summed E-state index contributed by atoms with van der Waals surface area (Å²) >= 11 is 1.10. The minimum Gasteiger partial charge on any atom is -0.480 e. The van der Waals surface area contributed by atoms with Crippen molar-refractivity contribution in [1.82, 2.24) is 46.2 Å². The van der Waals surface area contributed by atoms with Gasteiger partial charge in [0.1, 0.15) is 42.3 Å². The number of aliphatic imine (C=N–C) groups is 1. The Morgan fingerprint density at radius 3 is 1.99 bits per heavy atom. The van der Waals surface area contributed by atoms with Gasteiger partial charge in [-0.1, -0.05) is 70.4 Å². The number of carboxylic acid groups (broad SMARTS) is 1. The van der Waals surface area contributed by atoms with Gasteiger partial charge in [0.15, 0.2) is 5.96 Å². The third-order valence-corrected chi connectivity index (χ3v) is 16.1. The molecule has 81 heavy (non-hydrogen) atoms. The van der Waals surface area contributed by atoms with E-state index in [0.29, 0.717) is 37.8 Å². The molecule has 13 N–H and O–H groups in total. The molecule has 4 heterocycles. The lowest BCUT2D eigenvalue weighted by atomic mass is 10.0. The second-order valence-corrected chi connectivity index (χ2v) is 22.7. The van der Waals surface area contributed by atoms with Crippen LogP contribution in [0.1, 0.15) is 116 Å². The third-order valence-electron chi connectivity index (χ3n) is 14.8. The van der Waals surface area contributed by atoms with Gasteiger partial charge in [0.25, 0.3) is 0 Å². The number of benzene rings is 1. The smallest absolute Gasteiger partial charge is 0.326 e. The molecule has 1 unspecified atom stereocenters. The number of aliphatic carboxylic acids is 1. The van der Waals surface area contributed by atoms with E-state index in [1.807, 2.05) is 0 Å². The molecule has 1 aromatic carbocycles. The molecule has 0 saturated carbocycles. The van der Waals surface area contributed by atoms with Gasteiger partial charge in [-0.2, -0.15) is 0 Å². The number of guanidine groups is 1. The van der Waals surface area contributed by atoms with Crippen LogP contribution in [-0.4, -0.2) is 206 Å². The van der Waals surface area contributed by atoms with Gasteiger partial charge < -0.3 is 68.7 Å². The SMILES string of the molecule is CCCCCCN1C(=O)CC(SC[C@H](N)C(=O)N[C@@H](CCCN=C(N)N)C(=O)N2CCC[C@H]2C(=O)N2CCC[C@H]2C(=O)NCC(=O)N[C@@H](Cc2ccccc2)C(=O)N[C@@H](CO)C(=O)N2CCC[C@H]2C(=O)N[C@@H](CC(C)C)C(=O)O)C1=O. The Morgan fingerprint density at radius 2 is 1.36 bits per heavy atom. The Balaban J connectivity index is 1.19. The molecule has 9 atom stereocenters. The van der Waals surface area contributed by atoms with Gasteiger partial charge in [-0.3, -0.25) is 57.8 Å². The van der Waals surface area contributed by atoms with Gasteiger partial charge in [0, 0.05) is 51.3 Å². The van der Waals surface area contributed by atoms with E-state index in [4.69, 9.17) is 17.2 Å². The van der Waals surface area contributed by atoms with Crippen molar-refractivity contribution in [2.75, 3.05) is 51.6 Å². The summed E-state index contributed by atoms with van der Waals surface area (Å²) in [4.78, 5) is 158. The second kappa shape index (κ2) is 31.9. The molecule has 4 aliphatic rings. The summed E-state index contributed by atoms with van der Waals surface area (Å²) < 4.78 is 0. The summed E-state index contributed by atoms with van der Waals surface area (Å²) in [5.41, 5.74) is 18.0. The molecule has 1 aromatic rings. The highest BCUT2D eigenvalue weighted by atomic mass is 32.2. The van der Waals surface area contributed by atoms with Crippen LogP contribution in [0.4, 0.5) is 0 Å². The first-order chi connectivity index (χ1) is 38.6. The van der Waals surface area contributed by atoms with Gasteiger partial charge >= 0.3 is 5.97 Å². The number of nitrogens with one attached hydrogen (secondary N) is 5. The summed E-state index contributed by atoms with van der Waals surface area (Å²) in [6.07, 6.45) is 6.03. The Bertz CT molecular complexity index is 2430. The Labute approximate surface area is 476 Å². The topological polar surface area (TPSA) is 392 Å². The largest absolute Gasteiger partial charge is 0.480 e. The molecule has 4 fully saturated rings. The number of amides is 10. The molecule has 448 valence electrons. The van der Waals surface area contributed by atoms with Crippen LogP contribution in [0.25, 0.3) is 0 Å². The van der Waals surface area contributed by atoms with Crippen molar-refractivity contribution in [3.05, 3.63) is 35.9 Å². The molecular weight excluding hydrogens is 1070 g/mol. The van der Waals surface area contributed by atoms with Crippen LogP contribution in [-0.2, 0) is 59.2 Å². The fourth-order valence-corrected chi connectivity index (χ4v) is 11.7. The van der Waals surface area contributed by atoms with E-state index in [2.05, 4.69) is 38.5 Å². The lowest BCUT2D eigenvalue weighted by molar-refractivity contribution is -0.148. The van der Waals surface area contributed by atoms with Crippen molar-refractivity contribution in [2.45, 2.75) is 171 Å². The number of likely N-dealkylation sites (tertiary alicyclic amines) is 4. The fraction of sp³-hybridized carbons (Fsp3) is 0.667. The van der Waals surface area contributed by atoms with Crippen LogP contribution in [0, 0.1) is 5.92 Å². The number of carbonyl (C=O) groups is 11. The molecule has 27 heteroatoms. The molecule has 10 amide bonds. The number of nitrogens with two attached hydrogens (primary N) is 3. The van der Waals surface area contributed by atoms with E-state index in [0.717, 1.165) is 31.0 Å². The van der Waals surface area contributed by atoms with Gasteiger partial charge in [-0.05, 0) is 75.7 Å². The number of hydrogen-bond donors (Lipinski definition) is 10. The van der Waals surface area contributed by atoms with Crippen LogP contribution >= 0.6 is 11.8 Å². The Kier molecular flexibility index (Phi) is 25.6. The van der Waals surface area contributed by atoms with E-state index in [1.54, 1.807) is 44.2 Å². The number of imide groups is 1. The van der Waals surface area contributed by atoms with Crippen LogP contribution in [0.5, 0.6) is 0 Å². The van der Waals surface area contributed by atoms with Crippen LogP contribution in [0.15, 0.2) is 35.3 Å². The third kappa shape index (κ3) is 18.8. The van der Waals surface area contributed by atoms with E-state index < -0.39 is 120 Å². The lowest BCUT2D eigenvalue weighted by Gasteiger charge is -2.33. The molecule has 26 nitrogen and oxygen atoms in total. The minimum absolute atomic E-state index is 0.00206. The highest BCUT2D eigenvalue weighted by Crippen LogP contribution is 2.28. The molecule has 0 radical (unpaired) electrons. The summed E-state index contributed by atoms with van der Waals surface area (Å²) in [5.74, 6) is -7.56. The number of carbonyl (C=O) groups excluding carboxylic acids is 10. The van der Waals surface area contributed by atoms with Gasteiger partial charge in [0.2, 0.25) is 59.1 Å².